The largest absolute Gasteiger partial charge is 0.497 e. The third-order valence-corrected chi connectivity index (χ3v) is 4.12. The molecule has 144 valence electrons. The van der Waals surface area contributed by atoms with E-state index in [4.69, 9.17) is 9.26 Å². The minimum atomic E-state index is -0.536. The van der Waals surface area contributed by atoms with Crippen LogP contribution in [0.1, 0.15) is 23.2 Å². The first-order valence-corrected chi connectivity index (χ1v) is 8.52. The highest BCUT2D eigenvalue weighted by atomic mass is 16.6. The van der Waals surface area contributed by atoms with Crippen molar-refractivity contribution in [1.82, 2.24) is 15.0 Å². The van der Waals surface area contributed by atoms with Crippen LogP contribution in [-0.2, 0) is 6.54 Å². The summed E-state index contributed by atoms with van der Waals surface area (Å²) in [6.45, 7) is 2.28. The summed E-state index contributed by atoms with van der Waals surface area (Å²) in [5.74, 6) is 1.03. The number of ether oxygens (including phenoxy) is 1. The second kappa shape index (κ2) is 8.30. The van der Waals surface area contributed by atoms with Gasteiger partial charge in [-0.2, -0.15) is 4.98 Å². The number of amides is 1. The maximum Gasteiger partial charge on any atom is 0.270 e. The van der Waals surface area contributed by atoms with Crippen molar-refractivity contribution in [3.63, 3.8) is 0 Å². The molecule has 9 nitrogen and oxygen atoms in total. The zero-order valence-electron chi connectivity index (χ0n) is 15.4. The van der Waals surface area contributed by atoms with Gasteiger partial charge in [-0.25, -0.2) is 0 Å². The van der Waals surface area contributed by atoms with Gasteiger partial charge in [0.05, 0.1) is 12.0 Å². The first-order chi connectivity index (χ1) is 13.5. The number of aromatic nitrogens is 2. The van der Waals surface area contributed by atoms with Crippen molar-refractivity contribution < 1.29 is 19.0 Å². The summed E-state index contributed by atoms with van der Waals surface area (Å²) in [5, 5.41) is 14.9. The molecular weight excluding hydrogens is 364 g/mol. The molecule has 0 unspecified atom stereocenters. The van der Waals surface area contributed by atoms with Gasteiger partial charge in [-0.1, -0.05) is 11.2 Å². The highest BCUT2D eigenvalue weighted by Gasteiger charge is 2.20. The van der Waals surface area contributed by atoms with E-state index in [0.717, 1.165) is 5.56 Å². The molecule has 0 fully saturated rings. The van der Waals surface area contributed by atoms with E-state index in [1.54, 1.807) is 38.3 Å². The Morgan fingerprint density at radius 3 is 2.64 bits per heavy atom. The summed E-state index contributed by atoms with van der Waals surface area (Å²) in [6.07, 6.45) is 0. The SMILES string of the molecule is CCN(Cc1nc(-c2ccc(OC)cc2)no1)C(=O)c1cccc([N+](=O)[O-])c1. The maximum absolute atomic E-state index is 12.7. The molecule has 0 spiro atoms. The Balaban J connectivity index is 1.76. The van der Waals surface area contributed by atoms with E-state index in [-0.39, 0.29) is 29.6 Å². The first kappa shape index (κ1) is 19.0. The van der Waals surface area contributed by atoms with Gasteiger partial charge in [0.2, 0.25) is 11.7 Å². The summed E-state index contributed by atoms with van der Waals surface area (Å²) in [7, 11) is 1.58. The molecule has 3 aromatic rings. The molecule has 9 heteroatoms. The van der Waals surface area contributed by atoms with E-state index in [0.29, 0.717) is 18.1 Å². The minimum Gasteiger partial charge on any atom is -0.497 e. The quantitative estimate of drug-likeness (QED) is 0.455. The Morgan fingerprint density at radius 1 is 1.25 bits per heavy atom. The van der Waals surface area contributed by atoms with Crippen LogP contribution in [0.15, 0.2) is 53.1 Å². The molecule has 0 aliphatic heterocycles. The monoisotopic (exact) mass is 382 g/mol. The van der Waals surface area contributed by atoms with Crippen LogP contribution in [0.5, 0.6) is 5.75 Å². The Bertz CT molecular complexity index is 984. The highest BCUT2D eigenvalue weighted by Crippen LogP contribution is 2.21. The van der Waals surface area contributed by atoms with Gasteiger partial charge in [-0.05, 0) is 37.3 Å². The molecule has 3 rings (SSSR count). The average molecular weight is 382 g/mol. The normalized spacial score (nSPS) is 10.5. The number of benzene rings is 2. The highest BCUT2D eigenvalue weighted by molar-refractivity contribution is 5.94. The lowest BCUT2D eigenvalue weighted by Gasteiger charge is -2.18. The van der Waals surface area contributed by atoms with Crippen LogP contribution in [0, 0.1) is 10.1 Å². The molecule has 1 aromatic heterocycles. The van der Waals surface area contributed by atoms with Crippen molar-refractivity contribution >= 4 is 11.6 Å². The fraction of sp³-hybridized carbons (Fsp3) is 0.211. The topological polar surface area (TPSA) is 112 Å². The fourth-order valence-corrected chi connectivity index (χ4v) is 2.60. The van der Waals surface area contributed by atoms with Gasteiger partial charge >= 0.3 is 0 Å². The molecule has 1 heterocycles. The molecule has 0 aliphatic carbocycles. The third-order valence-electron chi connectivity index (χ3n) is 4.12. The molecule has 0 aliphatic rings. The third kappa shape index (κ3) is 4.14. The summed E-state index contributed by atoms with van der Waals surface area (Å²) >= 11 is 0. The van der Waals surface area contributed by atoms with Gasteiger partial charge in [-0.15, -0.1) is 0 Å². The van der Waals surface area contributed by atoms with Gasteiger partial charge in [0.25, 0.3) is 11.6 Å². The molecule has 2 aromatic carbocycles. The van der Waals surface area contributed by atoms with Crippen LogP contribution in [0.3, 0.4) is 0 Å². The molecule has 0 atom stereocenters. The van der Waals surface area contributed by atoms with E-state index in [2.05, 4.69) is 10.1 Å². The molecule has 0 N–H and O–H groups in total. The summed E-state index contributed by atoms with van der Waals surface area (Å²) in [6, 6.07) is 12.8. The fourth-order valence-electron chi connectivity index (χ4n) is 2.60. The van der Waals surface area contributed by atoms with E-state index < -0.39 is 4.92 Å². The molecule has 0 bridgehead atoms. The number of nitro benzene ring substituents is 1. The number of nitrogens with zero attached hydrogens (tertiary/aromatic N) is 4. The predicted molar refractivity (Wildman–Crippen MR) is 99.8 cm³/mol. The molecule has 1 amide bonds. The summed E-state index contributed by atoms with van der Waals surface area (Å²) in [5.41, 5.74) is 0.844. The lowest BCUT2D eigenvalue weighted by Crippen LogP contribution is -2.30. The second-order valence-corrected chi connectivity index (χ2v) is 5.87. The van der Waals surface area contributed by atoms with Crippen LogP contribution in [-0.4, -0.2) is 39.5 Å². The first-order valence-electron chi connectivity index (χ1n) is 8.52. The van der Waals surface area contributed by atoms with Crippen molar-refractivity contribution in [2.24, 2.45) is 0 Å². The Morgan fingerprint density at radius 2 is 2.00 bits per heavy atom. The molecule has 0 saturated carbocycles. The number of rotatable bonds is 7. The average Bonchev–Trinajstić information content (AvgIpc) is 3.20. The Labute approximate surface area is 160 Å². The van der Waals surface area contributed by atoms with Gasteiger partial charge < -0.3 is 14.2 Å². The number of nitro groups is 1. The number of methoxy groups -OCH3 is 1. The Kier molecular flexibility index (Phi) is 5.64. The predicted octanol–water partition coefficient (Wildman–Crippen LogP) is 3.32. The summed E-state index contributed by atoms with van der Waals surface area (Å²) in [4.78, 5) is 28.9. The van der Waals surface area contributed by atoms with Crippen molar-refractivity contribution in [2.75, 3.05) is 13.7 Å². The van der Waals surface area contributed by atoms with Crippen molar-refractivity contribution in [1.29, 1.82) is 0 Å². The van der Waals surface area contributed by atoms with Crippen LogP contribution in [0.4, 0.5) is 5.69 Å². The smallest absolute Gasteiger partial charge is 0.270 e. The number of hydrogen-bond acceptors (Lipinski definition) is 7. The van der Waals surface area contributed by atoms with Crippen molar-refractivity contribution in [3.8, 4) is 17.1 Å². The zero-order chi connectivity index (χ0) is 20.1. The number of carbonyl (C=O) groups excluding carboxylic acids is 1. The standard InChI is InChI=1S/C19H18N4O5/c1-3-22(19(24)14-5-4-6-15(11-14)23(25)26)12-17-20-18(21-28-17)13-7-9-16(27-2)10-8-13/h4-11H,3,12H2,1-2H3. The van der Waals surface area contributed by atoms with Crippen LogP contribution in [0.25, 0.3) is 11.4 Å². The molecular formula is C19H18N4O5. The van der Waals surface area contributed by atoms with Crippen molar-refractivity contribution in [3.05, 3.63) is 70.1 Å². The van der Waals surface area contributed by atoms with E-state index in [9.17, 15) is 14.9 Å². The maximum atomic E-state index is 12.7. The van der Waals surface area contributed by atoms with Crippen LogP contribution >= 0.6 is 0 Å². The van der Waals surface area contributed by atoms with Gasteiger partial charge in [0, 0.05) is 29.8 Å². The number of carbonyl (C=O) groups is 1. The minimum absolute atomic E-state index is 0.0984. The van der Waals surface area contributed by atoms with Crippen molar-refractivity contribution in [2.45, 2.75) is 13.5 Å². The number of non-ortho nitro benzene ring substituents is 1. The van der Waals surface area contributed by atoms with Crippen LogP contribution < -0.4 is 4.74 Å². The van der Waals surface area contributed by atoms with Gasteiger partial charge in [0.15, 0.2) is 0 Å². The van der Waals surface area contributed by atoms with E-state index in [1.165, 1.54) is 29.2 Å². The van der Waals surface area contributed by atoms with Crippen LogP contribution in [0.2, 0.25) is 0 Å². The number of hydrogen-bond donors (Lipinski definition) is 0. The van der Waals surface area contributed by atoms with E-state index >= 15 is 0 Å². The molecule has 28 heavy (non-hydrogen) atoms. The molecule has 0 radical (unpaired) electrons. The Hall–Kier alpha value is -3.75. The molecule has 0 saturated heterocycles. The zero-order valence-corrected chi connectivity index (χ0v) is 15.4. The van der Waals surface area contributed by atoms with Gasteiger partial charge in [0.1, 0.15) is 12.3 Å². The lowest BCUT2D eigenvalue weighted by molar-refractivity contribution is -0.384. The van der Waals surface area contributed by atoms with E-state index in [1.807, 2.05) is 0 Å². The second-order valence-electron chi connectivity index (χ2n) is 5.87. The van der Waals surface area contributed by atoms with Gasteiger partial charge in [-0.3, -0.25) is 14.9 Å². The lowest BCUT2D eigenvalue weighted by atomic mass is 10.1. The summed E-state index contributed by atoms with van der Waals surface area (Å²) < 4.78 is 10.4.